The molecule has 50 heavy (non-hydrogen) atoms. The van der Waals surface area contributed by atoms with Crippen LogP contribution in [0.4, 0.5) is 34.1 Å². The van der Waals surface area contributed by atoms with Crippen LogP contribution in [0.2, 0.25) is 0 Å². The minimum Gasteiger partial charge on any atom is -0.457 e. The molecule has 1 atom stereocenters. The summed E-state index contributed by atoms with van der Waals surface area (Å²) in [5, 5.41) is 13.0. The molecule has 0 aromatic heterocycles. The molecule has 0 N–H and O–H groups in total. The fourth-order valence-electron chi connectivity index (χ4n) is 9.54. The molecule has 0 spiro atoms. The standard InChI is InChI=1S/C46H28N2OSi/c1-4-15-31(16-5-1)47-36-21-11-22-37-44(36)50(33-19-8-3-9-20-33)45-38(47)23-12-24-39(45)49-43-35-28-26-30-14-10-13-29-25-27-34(41(35)40(29)30)42(46(43)50)48(37)32-17-6-2-7-18-32/h1-28H. The number of fused-ring (bicyclic) bond motifs is 2. The molecule has 9 aromatic carbocycles. The van der Waals surface area contributed by atoms with E-state index in [0.717, 1.165) is 22.9 Å². The lowest BCUT2D eigenvalue weighted by molar-refractivity contribution is 0.493. The Morgan fingerprint density at radius 1 is 0.400 bits per heavy atom. The fourth-order valence-corrected chi connectivity index (χ4v) is 15.2. The Bertz CT molecular complexity index is 2840. The highest BCUT2D eigenvalue weighted by Crippen LogP contribution is 2.55. The van der Waals surface area contributed by atoms with Gasteiger partial charge >= 0.3 is 0 Å². The summed E-state index contributed by atoms with van der Waals surface area (Å²) in [5.74, 6) is 1.96. The van der Waals surface area contributed by atoms with E-state index in [2.05, 4.69) is 180 Å². The van der Waals surface area contributed by atoms with Gasteiger partial charge in [0.25, 0.3) is 0 Å². The van der Waals surface area contributed by atoms with Crippen LogP contribution in [0, 0.1) is 0 Å². The van der Waals surface area contributed by atoms with Crippen LogP contribution in [-0.2, 0) is 0 Å². The monoisotopic (exact) mass is 652 g/mol. The van der Waals surface area contributed by atoms with Crippen molar-refractivity contribution < 1.29 is 4.74 Å². The van der Waals surface area contributed by atoms with Crippen molar-refractivity contribution in [2.24, 2.45) is 0 Å². The normalized spacial score (nSPS) is 16.6. The Morgan fingerprint density at radius 2 is 0.960 bits per heavy atom. The number of nitrogens with zero attached hydrogens (tertiary/aromatic N) is 2. The van der Waals surface area contributed by atoms with Gasteiger partial charge in [-0.25, -0.2) is 0 Å². The Labute approximate surface area is 290 Å². The van der Waals surface area contributed by atoms with E-state index in [0.29, 0.717) is 0 Å². The number of ether oxygens (including phenoxy) is 1. The molecule has 0 amide bonds. The van der Waals surface area contributed by atoms with Crippen molar-refractivity contribution in [1.82, 2.24) is 0 Å². The average molecular weight is 653 g/mol. The van der Waals surface area contributed by atoms with Gasteiger partial charge in [-0.1, -0.05) is 115 Å². The molecule has 0 aliphatic carbocycles. The number of hydrogen-bond donors (Lipinski definition) is 0. The van der Waals surface area contributed by atoms with E-state index < -0.39 is 8.07 Å². The summed E-state index contributed by atoms with van der Waals surface area (Å²) in [6.07, 6.45) is 0. The minimum atomic E-state index is -3.03. The number of anilines is 6. The summed E-state index contributed by atoms with van der Waals surface area (Å²) in [6, 6.07) is 62.7. The van der Waals surface area contributed by atoms with Crippen LogP contribution >= 0.6 is 0 Å². The summed E-state index contributed by atoms with van der Waals surface area (Å²) < 4.78 is 7.40. The summed E-state index contributed by atoms with van der Waals surface area (Å²) in [6.45, 7) is 0. The molecule has 0 saturated carbocycles. The number of hydrogen-bond acceptors (Lipinski definition) is 3. The molecular formula is C46H28N2OSi. The van der Waals surface area contributed by atoms with Crippen LogP contribution in [-0.4, -0.2) is 8.07 Å². The first-order valence-corrected chi connectivity index (χ1v) is 19.3. The summed E-state index contributed by atoms with van der Waals surface area (Å²) in [7, 11) is -3.03. The van der Waals surface area contributed by atoms with Crippen LogP contribution in [0.5, 0.6) is 11.5 Å². The van der Waals surface area contributed by atoms with Gasteiger partial charge in [0.05, 0.1) is 11.4 Å². The predicted octanol–water partition coefficient (Wildman–Crippen LogP) is 9.63. The maximum atomic E-state index is 7.40. The molecule has 0 fully saturated rings. The molecule has 232 valence electrons. The van der Waals surface area contributed by atoms with Crippen LogP contribution in [0.3, 0.4) is 0 Å². The topological polar surface area (TPSA) is 15.7 Å². The third-order valence-electron chi connectivity index (χ3n) is 11.3. The van der Waals surface area contributed by atoms with E-state index in [9.17, 15) is 0 Å². The average Bonchev–Trinajstić information content (AvgIpc) is 3.18. The van der Waals surface area contributed by atoms with E-state index in [1.165, 1.54) is 75.8 Å². The van der Waals surface area contributed by atoms with Crippen LogP contribution in [0.1, 0.15) is 0 Å². The van der Waals surface area contributed by atoms with Crippen molar-refractivity contribution in [3.05, 3.63) is 170 Å². The Morgan fingerprint density at radius 3 is 1.66 bits per heavy atom. The Hall–Kier alpha value is -6.36. The lowest BCUT2D eigenvalue weighted by atomic mass is 9.92. The second-order valence-corrected chi connectivity index (χ2v) is 17.2. The van der Waals surface area contributed by atoms with Crippen LogP contribution in [0.25, 0.3) is 32.3 Å². The summed E-state index contributed by atoms with van der Waals surface area (Å²) >= 11 is 0. The largest absolute Gasteiger partial charge is 0.457 e. The SMILES string of the molecule is c1ccc(N2c3cccc4c3[Si]3(c5ccccc5)c5c2cccc5N(c2ccccc2)c2c3c(c3ccc5cccc6ccc2c3c56)O4)cc1. The molecular weight excluding hydrogens is 625 g/mol. The van der Waals surface area contributed by atoms with E-state index in [1.54, 1.807) is 0 Å². The van der Waals surface area contributed by atoms with Gasteiger partial charge < -0.3 is 14.5 Å². The lowest BCUT2D eigenvalue weighted by Gasteiger charge is -2.53. The number of rotatable bonds is 3. The highest BCUT2D eigenvalue weighted by molar-refractivity contribution is 7.24. The second kappa shape index (κ2) is 9.41. The minimum absolute atomic E-state index is 0.959. The zero-order valence-corrected chi connectivity index (χ0v) is 28.0. The Balaban J connectivity index is 1.37. The highest BCUT2D eigenvalue weighted by atomic mass is 28.3. The van der Waals surface area contributed by atoms with Gasteiger partial charge in [-0.2, -0.15) is 0 Å². The molecule has 3 nitrogen and oxygen atoms in total. The number of benzene rings is 9. The first-order chi connectivity index (χ1) is 24.8. The van der Waals surface area contributed by atoms with Crippen molar-refractivity contribution >= 4 is 95.3 Å². The van der Waals surface area contributed by atoms with Crippen molar-refractivity contribution in [3.63, 3.8) is 0 Å². The van der Waals surface area contributed by atoms with E-state index in [1.807, 2.05) is 0 Å². The first-order valence-electron chi connectivity index (χ1n) is 17.3. The van der Waals surface area contributed by atoms with E-state index in [4.69, 9.17) is 4.74 Å². The second-order valence-electron chi connectivity index (χ2n) is 13.6. The summed E-state index contributed by atoms with van der Waals surface area (Å²) in [4.78, 5) is 5.02. The molecule has 3 aliphatic rings. The molecule has 12 rings (SSSR count). The Kier molecular flexibility index (Phi) is 5.00. The van der Waals surface area contributed by atoms with Crippen molar-refractivity contribution in [3.8, 4) is 11.5 Å². The van der Waals surface area contributed by atoms with Crippen LogP contribution in [0.15, 0.2) is 170 Å². The molecule has 0 saturated heterocycles. The van der Waals surface area contributed by atoms with Gasteiger partial charge in [0.1, 0.15) is 11.5 Å². The molecule has 0 bridgehead atoms. The maximum Gasteiger partial charge on any atom is 0.198 e. The number of para-hydroxylation sites is 2. The van der Waals surface area contributed by atoms with E-state index in [-0.39, 0.29) is 0 Å². The molecule has 3 aliphatic heterocycles. The van der Waals surface area contributed by atoms with Gasteiger partial charge in [0.15, 0.2) is 8.07 Å². The molecule has 0 radical (unpaired) electrons. The molecule has 4 heteroatoms. The van der Waals surface area contributed by atoms with Gasteiger partial charge in [-0.3, -0.25) is 0 Å². The van der Waals surface area contributed by atoms with Gasteiger partial charge in [-0.05, 0) is 75.9 Å². The quantitative estimate of drug-likeness (QED) is 0.140. The third kappa shape index (κ3) is 3.07. The predicted molar refractivity (Wildman–Crippen MR) is 210 cm³/mol. The highest BCUT2D eigenvalue weighted by Gasteiger charge is 2.60. The smallest absolute Gasteiger partial charge is 0.198 e. The molecule has 9 aromatic rings. The van der Waals surface area contributed by atoms with Gasteiger partial charge in [0, 0.05) is 54.5 Å². The fraction of sp³-hybridized carbons (Fsp3) is 0. The third-order valence-corrected chi connectivity index (χ3v) is 16.2. The van der Waals surface area contributed by atoms with Crippen LogP contribution < -0.4 is 35.3 Å². The van der Waals surface area contributed by atoms with Crippen molar-refractivity contribution in [2.45, 2.75) is 0 Å². The van der Waals surface area contributed by atoms with Crippen molar-refractivity contribution in [1.29, 1.82) is 0 Å². The van der Waals surface area contributed by atoms with Crippen molar-refractivity contribution in [2.75, 3.05) is 9.80 Å². The summed E-state index contributed by atoms with van der Waals surface area (Å²) in [5.41, 5.74) is 7.20. The zero-order chi connectivity index (χ0) is 32.6. The maximum absolute atomic E-state index is 7.40. The zero-order valence-electron chi connectivity index (χ0n) is 27.0. The molecule has 1 unspecified atom stereocenters. The lowest BCUT2D eigenvalue weighted by Crippen LogP contribution is -2.80. The van der Waals surface area contributed by atoms with Gasteiger partial charge in [0.2, 0.25) is 0 Å². The van der Waals surface area contributed by atoms with E-state index >= 15 is 0 Å². The molecule has 3 heterocycles. The first kappa shape index (κ1) is 26.6. The van der Waals surface area contributed by atoms with Gasteiger partial charge in [-0.15, -0.1) is 0 Å².